The molecule has 0 saturated carbocycles. The van der Waals surface area contributed by atoms with Gasteiger partial charge in [0.05, 0.1) is 0 Å². The quantitative estimate of drug-likeness (QED) is 0.853. The Labute approximate surface area is 127 Å². The minimum atomic E-state index is -0.299. The van der Waals surface area contributed by atoms with E-state index >= 15 is 0 Å². The van der Waals surface area contributed by atoms with Crippen LogP contribution in [-0.4, -0.2) is 6.03 Å². The molecule has 0 saturated heterocycles. The van der Waals surface area contributed by atoms with Gasteiger partial charge in [-0.1, -0.05) is 47.5 Å². The topological polar surface area (TPSA) is 41.1 Å². The predicted molar refractivity (Wildman–Crippen MR) is 83.5 cm³/mol. The highest BCUT2D eigenvalue weighted by molar-refractivity contribution is 6.35. The molecule has 5 heteroatoms. The fourth-order valence-electron chi connectivity index (χ4n) is 1.79. The van der Waals surface area contributed by atoms with Gasteiger partial charge in [-0.2, -0.15) is 0 Å². The van der Waals surface area contributed by atoms with Gasteiger partial charge in [0.25, 0.3) is 0 Å². The summed E-state index contributed by atoms with van der Waals surface area (Å²) in [6.07, 6.45) is 0. The SMILES string of the molecule is Cc1ccccc1CNC(=O)Nc1cc(Cl)cc(Cl)c1. The molecule has 2 aromatic rings. The number of halogens is 2. The van der Waals surface area contributed by atoms with Crippen molar-refractivity contribution in [1.82, 2.24) is 5.32 Å². The molecule has 2 rings (SSSR count). The van der Waals surface area contributed by atoms with Crippen molar-refractivity contribution < 1.29 is 4.79 Å². The summed E-state index contributed by atoms with van der Waals surface area (Å²) < 4.78 is 0. The van der Waals surface area contributed by atoms with Gasteiger partial charge in [0.1, 0.15) is 0 Å². The molecule has 2 N–H and O–H groups in total. The summed E-state index contributed by atoms with van der Waals surface area (Å²) in [4.78, 5) is 11.8. The highest BCUT2D eigenvalue weighted by Gasteiger charge is 2.04. The van der Waals surface area contributed by atoms with Crippen LogP contribution in [0.3, 0.4) is 0 Å². The Hall–Kier alpha value is -1.71. The summed E-state index contributed by atoms with van der Waals surface area (Å²) in [6, 6.07) is 12.5. The number of benzene rings is 2. The zero-order valence-electron chi connectivity index (χ0n) is 10.9. The van der Waals surface area contributed by atoms with E-state index in [2.05, 4.69) is 10.6 Å². The van der Waals surface area contributed by atoms with Gasteiger partial charge in [-0.3, -0.25) is 0 Å². The van der Waals surface area contributed by atoms with Gasteiger partial charge in [-0.15, -0.1) is 0 Å². The Morgan fingerprint density at radius 1 is 1.10 bits per heavy atom. The summed E-state index contributed by atoms with van der Waals surface area (Å²) >= 11 is 11.7. The van der Waals surface area contributed by atoms with Crippen molar-refractivity contribution in [1.29, 1.82) is 0 Å². The Morgan fingerprint density at radius 3 is 2.40 bits per heavy atom. The lowest BCUT2D eigenvalue weighted by Crippen LogP contribution is -2.28. The van der Waals surface area contributed by atoms with Crippen molar-refractivity contribution in [3.05, 3.63) is 63.6 Å². The summed E-state index contributed by atoms with van der Waals surface area (Å²) in [5.41, 5.74) is 2.77. The number of hydrogen-bond acceptors (Lipinski definition) is 1. The maximum atomic E-state index is 11.8. The van der Waals surface area contributed by atoms with Gasteiger partial charge in [0.15, 0.2) is 0 Å². The number of rotatable bonds is 3. The van der Waals surface area contributed by atoms with Crippen molar-refractivity contribution in [3.8, 4) is 0 Å². The molecule has 0 aliphatic rings. The Bertz CT molecular complexity index is 609. The number of nitrogens with one attached hydrogen (secondary N) is 2. The molecule has 0 fully saturated rings. The van der Waals surface area contributed by atoms with Crippen LogP contribution in [0.5, 0.6) is 0 Å². The summed E-state index contributed by atoms with van der Waals surface area (Å²) in [5.74, 6) is 0. The molecule has 2 amide bonds. The third-order valence-corrected chi connectivity index (χ3v) is 3.26. The second-order valence-corrected chi connectivity index (χ2v) is 5.27. The highest BCUT2D eigenvalue weighted by atomic mass is 35.5. The standard InChI is InChI=1S/C15H14Cl2N2O/c1-10-4-2-3-5-11(10)9-18-15(20)19-14-7-12(16)6-13(17)8-14/h2-8H,9H2,1H3,(H2,18,19,20). The molecule has 0 spiro atoms. The van der Waals surface area contributed by atoms with Gasteiger partial charge >= 0.3 is 6.03 Å². The molecule has 0 aromatic heterocycles. The molecule has 104 valence electrons. The zero-order chi connectivity index (χ0) is 14.5. The fraction of sp³-hybridized carbons (Fsp3) is 0.133. The Balaban J connectivity index is 1.94. The maximum Gasteiger partial charge on any atom is 0.319 e. The molecule has 0 heterocycles. The van der Waals surface area contributed by atoms with Crippen LogP contribution in [0.15, 0.2) is 42.5 Å². The van der Waals surface area contributed by atoms with E-state index in [1.807, 2.05) is 31.2 Å². The third-order valence-electron chi connectivity index (χ3n) is 2.82. The minimum Gasteiger partial charge on any atom is -0.334 e. The Morgan fingerprint density at radius 2 is 1.75 bits per heavy atom. The van der Waals surface area contributed by atoms with Gasteiger partial charge in [-0.25, -0.2) is 4.79 Å². The van der Waals surface area contributed by atoms with Gasteiger partial charge in [0, 0.05) is 22.3 Å². The molecule has 2 aromatic carbocycles. The van der Waals surface area contributed by atoms with Crippen molar-refractivity contribution >= 4 is 34.9 Å². The average Bonchev–Trinajstić information content (AvgIpc) is 2.36. The van der Waals surface area contributed by atoms with Crippen LogP contribution in [0.1, 0.15) is 11.1 Å². The molecule has 0 aliphatic heterocycles. The molecular formula is C15H14Cl2N2O. The number of hydrogen-bond donors (Lipinski definition) is 2. The van der Waals surface area contributed by atoms with Crippen molar-refractivity contribution in [2.45, 2.75) is 13.5 Å². The highest BCUT2D eigenvalue weighted by Crippen LogP contribution is 2.22. The third kappa shape index (κ3) is 4.15. The van der Waals surface area contributed by atoms with Crippen LogP contribution in [0.4, 0.5) is 10.5 Å². The van der Waals surface area contributed by atoms with Crippen LogP contribution < -0.4 is 10.6 Å². The van der Waals surface area contributed by atoms with E-state index in [1.54, 1.807) is 18.2 Å². The summed E-state index contributed by atoms with van der Waals surface area (Å²) in [7, 11) is 0. The summed E-state index contributed by atoms with van der Waals surface area (Å²) in [5, 5.41) is 6.44. The van der Waals surface area contributed by atoms with E-state index in [0.717, 1.165) is 11.1 Å². The molecule has 0 radical (unpaired) electrons. The van der Waals surface area contributed by atoms with Gasteiger partial charge in [-0.05, 0) is 36.2 Å². The molecule has 0 aliphatic carbocycles. The normalized spacial score (nSPS) is 10.2. The van der Waals surface area contributed by atoms with Crippen molar-refractivity contribution in [2.75, 3.05) is 5.32 Å². The van der Waals surface area contributed by atoms with E-state index in [9.17, 15) is 4.79 Å². The minimum absolute atomic E-state index is 0.299. The molecular weight excluding hydrogens is 295 g/mol. The average molecular weight is 309 g/mol. The predicted octanol–water partition coefficient (Wildman–Crippen LogP) is 4.62. The van der Waals surface area contributed by atoms with E-state index in [4.69, 9.17) is 23.2 Å². The van der Waals surface area contributed by atoms with Gasteiger partial charge in [0.2, 0.25) is 0 Å². The maximum absolute atomic E-state index is 11.8. The fourth-order valence-corrected chi connectivity index (χ4v) is 2.31. The smallest absolute Gasteiger partial charge is 0.319 e. The first kappa shape index (κ1) is 14.7. The van der Waals surface area contributed by atoms with E-state index in [1.165, 1.54) is 0 Å². The molecule has 3 nitrogen and oxygen atoms in total. The second kappa shape index (κ2) is 6.64. The lowest BCUT2D eigenvalue weighted by atomic mass is 10.1. The van der Waals surface area contributed by atoms with Crippen LogP contribution in [0.25, 0.3) is 0 Å². The zero-order valence-corrected chi connectivity index (χ0v) is 12.4. The van der Waals surface area contributed by atoms with Crippen LogP contribution in [0.2, 0.25) is 10.0 Å². The molecule has 20 heavy (non-hydrogen) atoms. The van der Waals surface area contributed by atoms with E-state index in [0.29, 0.717) is 22.3 Å². The first-order valence-electron chi connectivity index (χ1n) is 6.10. The van der Waals surface area contributed by atoms with Crippen molar-refractivity contribution in [3.63, 3.8) is 0 Å². The molecule has 0 unspecified atom stereocenters. The van der Waals surface area contributed by atoms with Crippen molar-refractivity contribution in [2.24, 2.45) is 0 Å². The lowest BCUT2D eigenvalue weighted by molar-refractivity contribution is 0.251. The first-order chi connectivity index (χ1) is 9.54. The van der Waals surface area contributed by atoms with E-state index in [-0.39, 0.29) is 6.03 Å². The van der Waals surface area contributed by atoms with Gasteiger partial charge < -0.3 is 10.6 Å². The Kier molecular flexibility index (Phi) is 4.88. The molecule has 0 atom stereocenters. The number of carbonyl (C=O) groups is 1. The number of carbonyl (C=O) groups excluding carboxylic acids is 1. The number of anilines is 1. The monoisotopic (exact) mass is 308 g/mol. The lowest BCUT2D eigenvalue weighted by Gasteiger charge is -2.10. The van der Waals surface area contributed by atoms with Crippen LogP contribution >= 0.6 is 23.2 Å². The second-order valence-electron chi connectivity index (χ2n) is 4.39. The van der Waals surface area contributed by atoms with E-state index < -0.39 is 0 Å². The molecule has 0 bridgehead atoms. The summed E-state index contributed by atoms with van der Waals surface area (Å²) in [6.45, 7) is 2.47. The number of urea groups is 1. The number of aryl methyl sites for hydroxylation is 1. The largest absolute Gasteiger partial charge is 0.334 e. The number of amides is 2. The van der Waals surface area contributed by atoms with Crippen LogP contribution in [0, 0.1) is 6.92 Å². The first-order valence-corrected chi connectivity index (χ1v) is 6.85. The van der Waals surface area contributed by atoms with Crippen LogP contribution in [-0.2, 0) is 6.54 Å².